The Bertz CT molecular complexity index is 1430. The molecular weight excluding hydrogens is 421 g/mol. The third-order valence-corrected chi connectivity index (χ3v) is 6.00. The van der Waals surface area contributed by atoms with Crippen LogP contribution in [0.5, 0.6) is 0 Å². The number of amides is 1. The van der Waals surface area contributed by atoms with Gasteiger partial charge in [0.25, 0.3) is 5.91 Å². The Kier molecular flexibility index (Phi) is 5.21. The van der Waals surface area contributed by atoms with E-state index in [-0.39, 0.29) is 5.91 Å². The number of aromatic nitrogens is 2. The van der Waals surface area contributed by atoms with Crippen molar-refractivity contribution in [2.45, 2.75) is 6.92 Å². The molecule has 0 fully saturated rings. The first-order valence-corrected chi connectivity index (χ1v) is 10.9. The number of carbonyl (C=O) groups is 1. The molecule has 0 saturated carbocycles. The predicted octanol–water partition coefficient (Wildman–Crippen LogP) is 6.73. The minimum absolute atomic E-state index is 0.307. The van der Waals surface area contributed by atoms with Gasteiger partial charge in [-0.2, -0.15) is 0 Å². The highest BCUT2D eigenvalue weighted by molar-refractivity contribution is 7.13. The first-order chi connectivity index (χ1) is 15.6. The number of hydrogen-bond donors (Lipinski definition) is 1. The van der Waals surface area contributed by atoms with Crippen LogP contribution in [0.2, 0.25) is 0 Å². The largest absolute Gasteiger partial charge is 0.322 e. The number of thiazole rings is 1. The van der Waals surface area contributed by atoms with Gasteiger partial charge in [-0.05, 0) is 43.3 Å². The lowest BCUT2D eigenvalue weighted by atomic mass is 10.1. The fraction of sp³-hybridized carbons (Fsp3) is 0.0385. The summed E-state index contributed by atoms with van der Waals surface area (Å²) in [7, 11) is 0. The smallest absolute Gasteiger partial charge is 0.256 e. The van der Waals surface area contributed by atoms with Crippen molar-refractivity contribution < 1.29 is 9.18 Å². The van der Waals surface area contributed by atoms with Gasteiger partial charge in [0.2, 0.25) is 0 Å². The number of halogens is 1. The van der Waals surface area contributed by atoms with Crippen molar-refractivity contribution in [2.75, 3.05) is 5.32 Å². The van der Waals surface area contributed by atoms with E-state index in [0.29, 0.717) is 27.8 Å². The molecule has 32 heavy (non-hydrogen) atoms. The van der Waals surface area contributed by atoms with Crippen LogP contribution in [0.25, 0.3) is 32.7 Å². The van der Waals surface area contributed by atoms with E-state index >= 15 is 0 Å². The van der Waals surface area contributed by atoms with E-state index in [0.717, 1.165) is 21.8 Å². The van der Waals surface area contributed by atoms with Gasteiger partial charge in [-0.15, -0.1) is 11.3 Å². The molecule has 156 valence electrons. The van der Waals surface area contributed by atoms with Crippen LogP contribution in [0.1, 0.15) is 16.1 Å². The molecule has 2 heterocycles. The van der Waals surface area contributed by atoms with Crippen molar-refractivity contribution in [1.29, 1.82) is 0 Å². The molecule has 0 spiro atoms. The second-order valence-corrected chi connectivity index (χ2v) is 8.27. The van der Waals surface area contributed by atoms with Crippen LogP contribution in [-0.4, -0.2) is 15.9 Å². The Balaban J connectivity index is 1.38. The summed E-state index contributed by atoms with van der Waals surface area (Å²) in [5, 5.41) is 6.37. The van der Waals surface area contributed by atoms with Crippen molar-refractivity contribution in [3.63, 3.8) is 0 Å². The average Bonchev–Trinajstić information content (AvgIpc) is 3.30. The molecule has 6 heteroatoms. The highest BCUT2D eigenvalue weighted by atomic mass is 32.1. The molecule has 0 aliphatic heterocycles. The minimum Gasteiger partial charge on any atom is -0.322 e. The lowest BCUT2D eigenvalue weighted by Gasteiger charge is -2.10. The van der Waals surface area contributed by atoms with E-state index < -0.39 is 5.82 Å². The summed E-state index contributed by atoms with van der Waals surface area (Å²) >= 11 is 1.60. The zero-order valence-corrected chi connectivity index (χ0v) is 18.0. The summed E-state index contributed by atoms with van der Waals surface area (Å²) in [4.78, 5) is 22.0. The van der Waals surface area contributed by atoms with E-state index in [1.165, 1.54) is 12.1 Å². The number of aryl methyl sites for hydroxylation is 1. The standard InChI is InChI=1S/C26H18FN3OS/c1-16-13-22(21-14-19(27)9-12-23(21)28-16)25(31)29-20-10-7-17(8-11-20)24-15-32-26(30-24)18-5-3-2-4-6-18/h2-15H,1H3,(H,29,31). The molecule has 0 saturated heterocycles. The van der Waals surface area contributed by atoms with E-state index in [1.807, 2.05) is 66.9 Å². The molecule has 1 amide bonds. The van der Waals surface area contributed by atoms with Crippen LogP contribution in [0.15, 0.2) is 84.2 Å². The maximum absolute atomic E-state index is 13.8. The number of carbonyl (C=O) groups excluding carboxylic acids is 1. The Morgan fingerprint density at radius 2 is 1.69 bits per heavy atom. The summed E-state index contributed by atoms with van der Waals surface area (Å²) in [5.74, 6) is -0.710. The summed E-state index contributed by atoms with van der Waals surface area (Å²) in [6, 6.07) is 23.5. The van der Waals surface area contributed by atoms with Gasteiger partial charge in [0.1, 0.15) is 10.8 Å². The van der Waals surface area contributed by atoms with E-state index in [9.17, 15) is 9.18 Å². The maximum atomic E-state index is 13.8. The topological polar surface area (TPSA) is 54.9 Å². The summed E-state index contributed by atoms with van der Waals surface area (Å²) in [5.41, 5.74) is 5.27. The van der Waals surface area contributed by atoms with Gasteiger partial charge in [0.15, 0.2) is 0 Å². The second kappa shape index (κ2) is 8.32. The first kappa shape index (κ1) is 20.0. The lowest BCUT2D eigenvalue weighted by molar-refractivity contribution is 0.102. The quantitative estimate of drug-likeness (QED) is 0.338. The fourth-order valence-electron chi connectivity index (χ4n) is 3.56. The van der Waals surface area contributed by atoms with Gasteiger partial charge in [-0.1, -0.05) is 42.5 Å². The van der Waals surface area contributed by atoms with Crippen LogP contribution in [0, 0.1) is 12.7 Å². The average molecular weight is 440 g/mol. The number of nitrogens with zero attached hydrogens (tertiary/aromatic N) is 2. The van der Waals surface area contributed by atoms with Crippen LogP contribution >= 0.6 is 11.3 Å². The lowest BCUT2D eigenvalue weighted by Crippen LogP contribution is -2.13. The van der Waals surface area contributed by atoms with Gasteiger partial charge in [0, 0.05) is 33.3 Å². The van der Waals surface area contributed by atoms with Gasteiger partial charge < -0.3 is 5.32 Å². The molecule has 0 aliphatic carbocycles. The predicted molar refractivity (Wildman–Crippen MR) is 127 cm³/mol. The molecule has 4 nitrogen and oxygen atoms in total. The molecule has 1 N–H and O–H groups in total. The van der Waals surface area contributed by atoms with Crippen LogP contribution in [0.3, 0.4) is 0 Å². The monoisotopic (exact) mass is 439 g/mol. The number of anilines is 1. The highest BCUT2D eigenvalue weighted by Gasteiger charge is 2.14. The number of hydrogen-bond acceptors (Lipinski definition) is 4. The van der Waals surface area contributed by atoms with E-state index in [1.54, 1.807) is 23.5 Å². The van der Waals surface area contributed by atoms with Crippen LogP contribution in [-0.2, 0) is 0 Å². The molecule has 2 aromatic heterocycles. The van der Waals surface area contributed by atoms with Crippen molar-refractivity contribution >= 4 is 33.8 Å². The van der Waals surface area contributed by atoms with Crippen molar-refractivity contribution in [3.05, 3.63) is 101 Å². The molecule has 0 bridgehead atoms. The minimum atomic E-state index is -0.403. The molecular formula is C26H18FN3OS. The molecule has 0 aliphatic rings. The third kappa shape index (κ3) is 4.00. The molecule has 0 unspecified atom stereocenters. The highest BCUT2D eigenvalue weighted by Crippen LogP contribution is 2.29. The third-order valence-electron chi connectivity index (χ3n) is 5.11. The number of pyridine rings is 1. The molecule has 0 atom stereocenters. The molecule has 3 aromatic carbocycles. The van der Waals surface area contributed by atoms with Crippen molar-refractivity contribution in [2.24, 2.45) is 0 Å². The number of benzene rings is 3. The molecule has 5 aromatic rings. The molecule has 0 radical (unpaired) electrons. The van der Waals surface area contributed by atoms with Crippen molar-refractivity contribution in [3.8, 4) is 21.8 Å². The number of rotatable bonds is 4. The summed E-state index contributed by atoms with van der Waals surface area (Å²) in [6.07, 6.45) is 0. The zero-order valence-electron chi connectivity index (χ0n) is 17.2. The SMILES string of the molecule is Cc1cc(C(=O)Nc2ccc(-c3csc(-c4ccccc4)n3)cc2)c2cc(F)ccc2n1. The summed E-state index contributed by atoms with van der Waals surface area (Å²) < 4.78 is 13.8. The Morgan fingerprint density at radius 1 is 0.906 bits per heavy atom. The van der Waals surface area contributed by atoms with Gasteiger partial charge in [0.05, 0.1) is 16.8 Å². The van der Waals surface area contributed by atoms with Crippen LogP contribution in [0.4, 0.5) is 10.1 Å². The van der Waals surface area contributed by atoms with E-state index in [4.69, 9.17) is 4.98 Å². The first-order valence-electron chi connectivity index (χ1n) is 10.1. The van der Waals surface area contributed by atoms with Gasteiger partial charge in [-0.3, -0.25) is 9.78 Å². The fourth-order valence-corrected chi connectivity index (χ4v) is 4.40. The normalized spacial score (nSPS) is 10.9. The van der Waals surface area contributed by atoms with Gasteiger partial charge >= 0.3 is 0 Å². The van der Waals surface area contributed by atoms with E-state index in [2.05, 4.69) is 10.3 Å². The van der Waals surface area contributed by atoms with Crippen LogP contribution < -0.4 is 5.32 Å². The number of nitrogens with one attached hydrogen (secondary N) is 1. The Labute approximate surface area is 188 Å². The van der Waals surface area contributed by atoms with Crippen molar-refractivity contribution in [1.82, 2.24) is 9.97 Å². The Hall–Kier alpha value is -3.90. The summed E-state index contributed by atoms with van der Waals surface area (Å²) in [6.45, 7) is 1.81. The van der Waals surface area contributed by atoms with Gasteiger partial charge in [-0.25, -0.2) is 9.37 Å². The number of fused-ring (bicyclic) bond motifs is 1. The maximum Gasteiger partial charge on any atom is 0.256 e. The zero-order chi connectivity index (χ0) is 22.1. The second-order valence-electron chi connectivity index (χ2n) is 7.41. The Morgan fingerprint density at radius 3 is 2.47 bits per heavy atom. The molecule has 5 rings (SSSR count).